The first-order chi connectivity index (χ1) is 5.22. The van der Waals surface area contributed by atoms with Gasteiger partial charge >= 0.3 is 0 Å². The standard InChI is InChI=1S/C9H19NO/c1-7(2)9(10)8-4-3-5-11-6-8/h7-9H,3-6,10H2,1-2H3. The van der Waals surface area contributed by atoms with Crippen molar-refractivity contribution in [1.29, 1.82) is 0 Å². The van der Waals surface area contributed by atoms with Crippen molar-refractivity contribution in [3.8, 4) is 0 Å². The second kappa shape index (κ2) is 4.07. The van der Waals surface area contributed by atoms with Gasteiger partial charge in [0.1, 0.15) is 0 Å². The van der Waals surface area contributed by atoms with Crippen LogP contribution in [-0.4, -0.2) is 19.3 Å². The van der Waals surface area contributed by atoms with E-state index in [4.69, 9.17) is 10.5 Å². The molecule has 1 saturated heterocycles. The lowest BCUT2D eigenvalue weighted by molar-refractivity contribution is 0.0386. The van der Waals surface area contributed by atoms with Crippen molar-refractivity contribution in [2.75, 3.05) is 13.2 Å². The van der Waals surface area contributed by atoms with Crippen molar-refractivity contribution in [1.82, 2.24) is 0 Å². The molecule has 1 rings (SSSR count). The van der Waals surface area contributed by atoms with Gasteiger partial charge in [0.25, 0.3) is 0 Å². The Morgan fingerprint density at radius 1 is 1.45 bits per heavy atom. The molecule has 2 atom stereocenters. The lowest BCUT2D eigenvalue weighted by Gasteiger charge is -2.29. The van der Waals surface area contributed by atoms with Crippen molar-refractivity contribution in [2.24, 2.45) is 17.6 Å². The zero-order valence-corrected chi connectivity index (χ0v) is 7.55. The van der Waals surface area contributed by atoms with Crippen LogP contribution in [-0.2, 0) is 4.74 Å². The van der Waals surface area contributed by atoms with Crippen LogP contribution >= 0.6 is 0 Å². The molecule has 2 N–H and O–H groups in total. The number of nitrogens with two attached hydrogens (primary N) is 1. The van der Waals surface area contributed by atoms with Crippen LogP contribution in [0.5, 0.6) is 0 Å². The molecule has 1 aliphatic heterocycles. The highest BCUT2D eigenvalue weighted by atomic mass is 16.5. The molecule has 2 nitrogen and oxygen atoms in total. The minimum absolute atomic E-state index is 0.329. The van der Waals surface area contributed by atoms with E-state index >= 15 is 0 Å². The van der Waals surface area contributed by atoms with Crippen molar-refractivity contribution >= 4 is 0 Å². The van der Waals surface area contributed by atoms with Gasteiger partial charge in [0.05, 0.1) is 6.61 Å². The van der Waals surface area contributed by atoms with E-state index < -0.39 is 0 Å². The first-order valence-corrected chi connectivity index (χ1v) is 4.55. The fraction of sp³-hybridized carbons (Fsp3) is 1.00. The zero-order valence-electron chi connectivity index (χ0n) is 7.55. The van der Waals surface area contributed by atoms with Gasteiger partial charge in [-0.2, -0.15) is 0 Å². The van der Waals surface area contributed by atoms with Crippen LogP contribution in [0.1, 0.15) is 26.7 Å². The maximum absolute atomic E-state index is 6.01. The average molecular weight is 157 g/mol. The predicted octanol–water partition coefficient (Wildman–Crippen LogP) is 1.40. The third kappa shape index (κ3) is 2.46. The Labute approximate surface area is 69.1 Å². The largest absolute Gasteiger partial charge is 0.381 e. The second-order valence-corrected chi connectivity index (χ2v) is 3.80. The molecule has 1 fully saturated rings. The van der Waals surface area contributed by atoms with Crippen molar-refractivity contribution < 1.29 is 4.74 Å². The highest BCUT2D eigenvalue weighted by molar-refractivity contribution is 4.77. The summed E-state index contributed by atoms with van der Waals surface area (Å²) < 4.78 is 5.37. The summed E-state index contributed by atoms with van der Waals surface area (Å²) in [5, 5.41) is 0. The molecule has 0 saturated carbocycles. The highest BCUT2D eigenvalue weighted by Crippen LogP contribution is 2.20. The van der Waals surface area contributed by atoms with Crippen LogP contribution in [0.25, 0.3) is 0 Å². The van der Waals surface area contributed by atoms with Gasteiger partial charge in [-0.25, -0.2) is 0 Å². The molecule has 0 aromatic heterocycles. The van der Waals surface area contributed by atoms with Crippen LogP contribution in [0, 0.1) is 11.8 Å². The summed E-state index contributed by atoms with van der Waals surface area (Å²) in [6.45, 7) is 6.17. The number of rotatable bonds is 2. The monoisotopic (exact) mass is 157 g/mol. The quantitative estimate of drug-likeness (QED) is 0.657. The van der Waals surface area contributed by atoms with Gasteiger partial charge in [0.2, 0.25) is 0 Å². The minimum atomic E-state index is 0.329. The van der Waals surface area contributed by atoms with Crippen LogP contribution in [0.4, 0.5) is 0 Å². The molecule has 0 aromatic rings. The summed E-state index contributed by atoms with van der Waals surface area (Å²) >= 11 is 0. The highest BCUT2D eigenvalue weighted by Gasteiger charge is 2.22. The van der Waals surface area contributed by atoms with Gasteiger partial charge in [-0.05, 0) is 24.7 Å². The van der Waals surface area contributed by atoms with Gasteiger partial charge in [0.15, 0.2) is 0 Å². The summed E-state index contributed by atoms with van der Waals surface area (Å²) in [6, 6.07) is 0.329. The SMILES string of the molecule is CC(C)C(N)C1CCCOC1. The molecule has 66 valence electrons. The summed E-state index contributed by atoms with van der Waals surface area (Å²) in [7, 11) is 0. The molecule has 11 heavy (non-hydrogen) atoms. The summed E-state index contributed by atoms with van der Waals surface area (Å²) in [5.74, 6) is 1.19. The van der Waals surface area contributed by atoms with E-state index in [9.17, 15) is 0 Å². The molecule has 0 aromatic carbocycles. The Balaban J connectivity index is 2.32. The van der Waals surface area contributed by atoms with E-state index in [0.717, 1.165) is 13.2 Å². The molecule has 0 radical (unpaired) electrons. The van der Waals surface area contributed by atoms with Gasteiger partial charge < -0.3 is 10.5 Å². The van der Waals surface area contributed by atoms with Crippen molar-refractivity contribution in [3.05, 3.63) is 0 Å². The predicted molar refractivity (Wildman–Crippen MR) is 46.4 cm³/mol. The average Bonchev–Trinajstić information content (AvgIpc) is 2.05. The number of hydrogen-bond donors (Lipinski definition) is 1. The lowest BCUT2D eigenvalue weighted by Crippen LogP contribution is -2.39. The van der Waals surface area contributed by atoms with E-state index in [0.29, 0.717) is 17.9 Å². The molecule has 2 heteroatoms. The van der Waals surface area contributed by atoms with Crippen molar-refractivity contribution in [3.63, 3.8) is 0 Å². The summed E-state index contributed by atoms with van der Waals surface area (Å²) in [5.41, 5.74) is 6.01. The smallest absolute Gasteiger partial charge is 0.0509 e. The Bertz CT molecular complexity index is 108. The molecule has 0 amide bonds. The topological polar surface area (TPSA) is 35.2 Å². The molecule has 0 bridgehead atoms. The Hall–Kier alpha value is -0.0800. The third-order valence-corrected chi connectivity index (χ3v) is 2.51. The second-order valence-electron chi connectivity index (χ2n) is 3.80. The summed E-state index contributed by atoms with van der Waals surface area (Å²) in [4.78, 5) is 0. The number of hydrogen-bond acceptors (Lipinski definition) is 2. The first kappa shape index (κ1) is 9.01. The summed E-state index contributed by atoms with van der Waals surface area (Å²) in [6.07, 6.45) is 2.43. The Morgan fingerprint density at radius 2 is 2.18 bits per heavy atom. The molecular formula is C9H19NO. The normalized spacial score (nSPS) is 28.9. The maximum Gasteiger partial charge on any atom is 0.0509 e. The molecular weight excluding hydrogens is 138 g/mol. The zero-order chi connectivity index (χ0) is 8.27. The number of ether oxygens (including phenoxy) is 1. The van der Waals surface area contributed by atoms with Crippen molar-refractivity contribution in [2.45, 2.75) is 32.7 Å². The Kier molecular flexibility index (Phi) is 3.34. The van der Waals surface area contributed by atoms with E-state index in [1.54, 1.807) is 0 Å². The van der Waals surface area contributed by atoms with Gasteiger partial charge in [-0.3, -0.25) is 0 Å². The van der Waals surface area contributed by atoms with Gasteiger partial charge in [-0.15, -0.1) is 0 Å². The Morgan fingerprint density at radius 3 is 2.64 bits per heavy atom. The molecule has 2 unspecified atom stereocenters. The first-order valence-electron chi connectivity index (χ1n) is 4.55. The molecule has 0 spiro atoms. The van der Waals surface area contributed by atoms with Gasteiger partial charge in [0, 0.05) is 12.6 Å². The third-order valence-electron chi connectivity index (χ3n) is 2.51. The maximum atomic E-state index is 6.01. The fourth-order valence-corrected chi connectivity index (χ4v) is 1.61. The fourth-order valence-electron chi connectivity index (χ4n) is 1.61. The van der Waals surface area contributed by atoms with E-state index in [1.807, 2.05) is 0 Å². The van der Waals surface area contributed by atoms with Crippen LogP contribution in [0.2, 0.25) is 0 Å². The molecule has 0 aliphatic carbocycles. The van der Waals surface area contributed by atoms with Gasteiger partial charge in [-0.1, -0.05) is 13.8 Å². The van der Waals surface area contributed by atoms with E-state index in [2.05, 4.69) is 13.8 Å². The van der Waals surface area contributed by atoms with Crippen LogP contribution in [0.15, 0.2) is 0 Å². The van der Waals surface area contributed by atoms with E-state index in [-0.39, 0.29) is 0 Å². The van der Waals surface area contributed by atoms with Crippen LogP contribution < -0.4 is 5.73 Å². The van der Waals surface area contributed by atoms with E-state index in [1.165, 1.54) is 12.8 Å². The minimum Gasteiger partial charge on any atom is -0.381 e. The lowest BCUT2D eigenvalue weighted by atomic mass is 9.87. The molecule has 1 heterocycles. The van der Waals surface area contributed by atoms with Crippen LogP contribution in [0.3, 0.4) is 0 Å². The molecule has 1 aliphatic rings.